The number of aromatic nitrogens is 2. The standard InChI is InChI=1S/C15H17N3O/c1-18-10-11(7-17-18)6-15(19)14-9-16-8-12-4-2-3-5-13(12)14/h2-5,7,10,14,16H,6,8-9H2,1H3. The first kappa shape index (κ1) is 12.1. The predicted octanol–water partition coefficient (Wildman–Crippen LogP) is 1.42. The summed E-state index contributed by atoms with van der Waals surface area (Å²) in [5.74, 6) is 0.220. The molecule has 1 aromatic carbocycles. The van der Waals surface area contributed by atoms with Crippen LogP contribution < -0.4 is 5.32 Å². The van der Waals surface area contributed by atoms with Crippen molar-refractivity contribution >= 4 is 5.78 Å². The summed E-state index contributed by atoms with van der Waals surface area (Å²) < 4.78 is 1.73. The van der Waals surface area contributed by atoms with Gasteiger partial charge in [-0.25, -0.2) is 0 Å². The van der Waals surface area contributed by atoms with Crippen LogP contribution in [0.1, 0.15) is 22.6 Å². The molecule has 1 aromatic heterocycles. The SMILES string of the molecule is Cn1cc(CC(=O)C2CNCc3ccccc32)cn1. The Morgan fingerprint density at radius 3 is 3.11 bits per heavy atom. The maximum atomic E-state index is 12.5. The molecule has 0 bridgehead atoms. The van der Waals surface area contributed by atoms with Gasteiger partial charge in [0, 0.05) is 32.8 Å². The van der Waals surface area contributed by atoms with Crippen molar-refractivity contribution in [2.75, 3.05) is 6.54 Å². The summed E-state index contributed by atoms with van der Waals surface area (Å²) in [6, 6.07) is 8.19. The number of fused-ring (bicyclic) bond motifs is 1. The number of carbonyl (C=O) groups is 1. The van der Waals surface area contributed by atoms with E-state index in [-0.39, 0.29) is 11.7 Å². The molecule has 1 aliphatic heterocycles. The highest BCUT2D eigenvalue weighted by Crippen LogP contribution is 2.25. The molecule has 98 valence electrons. The average molecular weight is 255 g/mol. The number of hydrogen-bond donors (Lipinski definition) is 1. The Labute approximate surface area is 112 Å². The third kappa shape index (κ3) is 2.44. The summed E-state index contributed by atoms with van der Waals surface area (Å²) in [5, 5.41) is 7.43. The van der Waals surface area contributed by atoms with Crippen molar-refractivity contribution in [3.8, 4) is 0 Å². The number of aryl methyl sites for hydroxylation is 1. The molecule has 0 fully saturated rings. The van der Waals surface area contributed by atoms with E-state index in [0.29, 0.717) is 6.42 Å². The van der Waals surface area contributed by atoms with E-state index in [1.165, 1.54) is 11.1 Å². The Bertz CT molecular complexity index is 603. The van der Waals surface area contributed by atoms with Gasteiger partial charge in [-0.2, -0.15) is 5.10 Å². The van der Waals surface area contributed by atoms with E-state index in [9.17, 15) is 4.79 Å². The zero-order valence-electron chi connectivity index (χ0n) is 11.0. The Morgan fingerprint density at radius 1 is 1.47 bits per heavy atom. The Morgan fingerprint density at radius 2 is 2.32 bits per heavy atom. The summed E-state index contributed by atoms with van der Waals surface area (Å²) in [6.45, 7) is 1.59. The monoisotopic (exact) mass is 255 g/mol. The number of nitrogens with one attached hydrogen (secondary N) is 1. The van der Waals surface area contributed by atoms with E-state index >= 15 is 0 Å². The second-order valence-corrected chi connectivity index (χ2v) is 5.05. The van der Waals surface area contributed by atoms with Crippen LogP contribution in [0.15, 0.2) is 36.7 Å². The van der Waals surface area contributed by atoms with Crippen LogP contribution in [0.4, 0.5) is 0 Å². The Balaban J connectivity index is 1.81. The molecule has 1 aliphatic rings. The molecule has 1 atom stereocenters. The summed E-state index contributed by atoms with van der Waals surface area (Å²) in [4.78, 5) is 12.5. The number of rotatable bonds is 3. The smallest absolute Gasteiger partial charge is 0.146 e. The lowest BCUT2D eigenvalue weighted by atomic mass is 9.86. The fraction of sp³-hybridized carbons (Fsp3) is 0.333. The first-order valence-electron chi connectivity index (χ1n) is 6.53. The lowest BCUT2D eigenvalue weighted by Gasteiger charge is -2.25. The molecule has 4 nitrogen and oxygen atoms in total. The van der Waals surface area contributed by atoms with Gasteiger partial charge >= 0.3 is 0 Å². The van der Waals surface area contributed by atoms with Gasteiger partial charge in [-0.1, -0.05) is 24.3 Å². The topological polar surface area (TPSA) is 46.9 Å². The van der Waals surface area contributed by atoms with Crippen LogP contribution in [-0.4, -0.2) is 22.1 Å². The van der Waals surface area contributed by atoms with Gasteiger partial charge < -0.3 is 5.32 Å². The Hall–Kier alpha value is -1.94. The number of nitrogens with zero attached hydrogens (tertiary/aromatic N) is 2. The van der Waals surface area contributed by atoms with Crippen LogP contribution in [0.2, 0.25) is 0 Å². The molecule has 0 saturated carbocycles. The summed E-state index contributed by atoms with van der Waals surface area (Å²) >= 11 is 0. The van der Waals surface area contributed by atoms with Gasteiger partial charge in [-0.3, -0.25) is 9.48 Å². The van der Waals surface area contributed by atoms with Gasteiger partial charge in [0.05, 0.1) is 12.1 Å². The molecule has 19 heavy (non-hydrogen) atoms. The van der Waals surface area contributed by atoms with Crippen LogP contribution in [0, 0.1) is 0 Å². The molecule has 1 unspecified atom stereocenters. The molecule has 0 saturated heterocycles. The number of Topliss-reactive ketones (excluding diaryl/α,β-unsaturated/α-hetero) is 1. The van der Waals surface area contributed by atoms with Crippen molar-refractivity contribution < 1.29 is 4.79 Å². The van der Waals surface area contributed by atoms with Crippen molar-refractivity contribution in [1.29, 1.82) is 0 Å². The van der Waals surface area contributed by atoms with Crippen LogP contribution in [0.5, 0.6) is 0 Å². The van der Waals surface area contributed by atoms with E-state index < -0.39 is 0 Å². The van der Waals surface area contributed by atoms with Crippen LogP contribution in [0.25, 0.3) is 0 Å². The normalized spacial score (nSPS) is 18.1. The van der Waals surface area contributed by atoms with Crippen molar-refractivity contribution in [2.45, 2.75) is 18.9 Å². The maximum absolute atomic E-state index is 12.5. The molecule has 2 heterocycles. The summed E-state index contributed by atoms with van der Waals surface area (Å²) in [7, 11) is 1.87. The highest BCUT2D eigenvalue weighted by atomic mass is 16.1. The zero-order valence-corrected chi connectivity index (χ0v) is 11.0. The molecule has 0 spiro atoms. The third-order valence-electron chi connectivity index (χ3n) is 3.62. The quantitative estimate of drug-likeness (QED) is 0.902. The average Bonchev–Trinajstić information content (AvgIpc) is 2.83. The highest BCUT2D eigenvalue weighted by molar-refractivity contribution is 5.88. The molecule has 0 radical (unpaired) electrons. The second kappa shape index (κ2) is 4.97. The summed E-state index contributed by atoms with van der Waals surface area (Å²) in [5.41, 5.74) is 3.39. The fourth-order valence-electron chi connectivity index (χ4n) is 2.67. The van der Waals surface area contributed by atoms with Gasteiger partial charge in [-0.05, 0) is 16.7 Å². The van der Waals surface area contributed by atoms with Crippen molar-refractivity contribution in [3.63, 3.8) is 0 Å². The van der Waals surface area contributed by atoms with Crippen molar-refractivity contribution in [3.05, 3.63) is 53.3 Å². The van der Waals surface area contributed by atoms with Gasteiger partial charge in [0.15, 0.2) is 0 Å². The van der Waals surface area contributed by atoms with E-state index in [0.717, 1.165) is 18.7 Å². The van der Waals surface area contributed by atoms with E-state index in [1.807, 2.05) is 25.4 Å². The lowest BCUT2D eigenvalue weighted by molar-refractivity contribution is -0.119. The Kier molecular flexibility index (Phi) is 3.17. The largest absolute Gasteiger partial charge is 0.312 e. The van der Waals surface area contributed by atoms with Crippen molar-refractivity contribution in [1.82, 2.24) is 15.1 Å². The zero-order chi connectivity index (χ0) is 13.2. The maximum Gasteiger partial charge on any atom is 0.146 e. The van der Waals surface area contributed by atoms with Gasteiger partial charge in [-0.15, -0.1) is 0 Å². The van der Waals surface area contributed by atoms with E-state index in [2.05, 4.69) is 22.5 Å². The number of hydrogen-bond acceptors (Lipinski definition) is 3. The molecule has 2 aromatic rings. The molecule has 0 aliphatic carbocycles. The van der Waals surface area contributed by atoms with E-state index in [1.54, 1.807) is 10.9 Å². The van der Waals surface area contributed by atoms with Crippen LogP contribution in [0.3, 0.4) is 0 Å². The molecular formula is C15H17N3O. The summed E-state index contributed by atoms with van der Waals surface area (Å²) in [6.07, 6.45) is 4.12. The molecule has 3 rings (SSSR count). The second-order valence-electron chi connectivity index (χ2n) is 5.05. The minimum absolute atomic E-state index is 0.0369. The van der Waals surface area contributed by atoms with Crippen LogP contribution >= 0.6 is 0 Å². The predicted molar refractivity (Wildman–Crippen MR) is 72.8 cm³/mol. The number of ketones is 1. The molecule has 1 N–H and O–H groups in total. The molecular weight excluding hydrogens is 238 g/mol. The van der Waals surface area contributed by atoms with E-state index in [4.69, 9.17) is 0 Å². The number of carbonyl (C=O) groups excluding carboxylic acids is 1. The lowest BCUT2D eigenvalue weighted by Crippen LogP contribution is -2.33. The minimum Gasteiger partial charge on any atom is -0.312 e. The fourth-order valence-corrected chi connectivity index (χ4v) is 2.67. The number of benzene rings is 1. The van der Waals surface area contributed by atoms with Crippen LogP contribution in [-0.2, 0) is 24.8 Å². The highest BCUT2D eigenvalue weighted by Gasteiger charge is 2.25. The molecule has 0 amide bonds. The van der Waals surface area contributed by atoms with Gasteiger partial charge in [0.1, 0.15) is 5.78 Å². The minimum atomic E-state index is -0.0369. The first-order chi connectivity index (χ1) is 9.24. The third-order valence-corrected chi connectivity index (χ3v) is 3.62. The molecule has 4 heteroatoms. The van der Waals surface area contributed by atoms with Crippen molar-refractivity contribution in [2.24, 2.45) is 7.05 Å². The first-order valence-corrected chi connectivity index (χ1v) is 6.53. The van der Waals surface area contributed by atoms with Gasteiger partial charge in [0.25, 0.3) is 0 Å². The van der Waals surface area contributed by atoms with Gasteiger partial charge in [0.2, 0.25) is 0 Å².